The first kappa shape index (κ1) is 11.3. The zero-order valence-electron chi connectivity index (χ0n) is 10.1. The molecule has 2 nitrogen and oxygen atoms in total. The molecule has 0 radical (unpaired) electrons. The Morgan fingerprint density at radius 3 is 2.43 bits per heavy atom. The van der Waals surface area contributed by atoms with Gasteiger partial charge in [0.15, 0.2) is 0 Å². The minimum atomic E-state index is 0.161. The van der Waals surface area contributed by atoms with Crippen LogP contribution in [0.2, 0.25) is 0 Å². The molecule has 1 rings (SSSR count). The zero-order chi connectivity index (χ0) is 10.8. The summed E-state index contributed by atoms with van der Waals surface area (Å²) in [4.78, 5) is 0. The van der Waals surface area contributed by atoms with E-state index in [2.05, 4.69) is 50.5 Å². The predicted molar refractivity (Wildman–Crippen MR) is 60.5 cm³/mol. The Kier molecular flexibility index (Phi) is 3.35. The molecule has 0 unspecified atom stereocenters. The molecule has 1 aromatic heterocycles. The van der Waals surface area contributed by atoms with E-state index < -0.39 is 0 Å². The van der Waals surface area contributed by atoms with Crippen LogP contribution in [0.25, 0.3) is 0 Å². The Morgan fingerprint density at radius 2 is 2.00 bits per heavy atom. The predicted octanol–water partition coefficient (Wildman–Crippen LogP) is 3.43. The summed E-state index contributed by atoms with van der Waals surface area (Å²) in [5.41, 5.74) is 2.55. The summed E-state index contributed by atoms with van der Waals surface area (Å²) in [7, 11) is 0. The molecule has 0 saturated heterocycles. The summed E-state index contributed by atoms with van der Waals surface area (Å²) >= 11 is 0. The van der Waals surface area contributed by atoms with Crippen LogP contribution in [0.4, 0.5) is 0 Å². The van der Waals surface area contributed by atoms with Crippen LogP contribution in [0.3, 0.4) is 0 Å². The summed E-state index contributed by atoms with van der Waals surface area (Å²) in [6.45, 7) is 11.0. The van der Waals surface area contributed by atoms with Crippen molar-refractivity contribution < 1.29 is 0 Å². The van der Waals surface area contributed by atoms with E-state index in [0.717, 1.165) is 5.69 Å². The Labute approximate surface area is 87.3 Å². The summed E-state index contributed by atoms with van der Waals surface area (Å²) < 4.78 is 2.16. The van der Waals surface area contributed by atoms with Crippen LogP contribution in [0.5, 0.6) is 0 Å². The lowest BCUT2D eigenvalue weighted by atomic mass is 9.97. The van der Waals surface area contributed by atoms with Crippen LogP contribution in [0.15, 0.2) is 6.07 Å². The van der Waals surface area contributed by atoms with E-state index in [1.54, 1.807) is 0 Å². The van der Waals surface area contributed by atoms with Gasteiger partial charge in [-0.1, -0.05) is 19.8 Å². The van der Waals surface area contributed by atoms with Gasteiger partial charge in [0.05, 0.1) is 11.2 Å². The lowest BCUT2D eigenvalue weighted by Gasteiger charge is -2.26. The first-order valence-corrected chi connectivity index (χ1v) is 5.51. The summed E-state index contributed by atoms with van der Waals surface area (Å²) in [5, 5.41) is 4.55. The summed E-state index contributed by atoms with van der Waals surface area (Å²) in [6.07, 6.45) is 3.72. The Balaban J connectivity index is 2.85. The molecule has 0 atom stereocenters. The van der Waals surface area contributed by atoms with Crippen molar-refractivity contribution >= 4 is 0 Å². The third-order valence-corrected chi connectivity index (χ3v) is 2.73. The number of aryl methyl sites for hydroxylation is 2. The normalized spacial score (nSPS) is 12.1. The molecule has 0 saturated carbocycles. The maximum Gasteiger partial charge on any atom is 0.0596 e. The van der Waals surface area contributed by atoms with Gasteiger partial charge < -0.3 is 0 Å². The highest BCUT2D eigenvalue weighted by Crippen LogP contribution is 2.23. The molecule has 1 aromatic rings. The number of nitrogens with zero attached hydrogens (tertiary/aromatic N) is 2. The monoisotopic (exact) mass is 194 g/mol. The highest BCUT2D eigenvalue weighted by Gasteiger charge is 2.21. The fourth-order valence-electron chi connectivity index (χ4n) is 1.96. The van der Waals surface area contributed by atoms with Gasteiger partial charge in [0.25, 0.3) is 0 Å². The van der Waals surface area contributed by atoms with Crippen LogP contribution in [-0.4, -0.2) is 9.78 Å². The third kappa shape index (κ3) is 2.37. The van der Waals surface area contributed by atoms with E-state index in [0.29, 0.717) is 0 Å². The van der Waals surface area contributed by atoms with E-state index in [1.165, 1.54) is 25.0 Å². The zero-order valence-corrected chi connectivity index (χ0v) is 10.1. The molecule has 14 heavy (non-hydrogen) atoms. The molecule has 80 valence electrons. The number of hydrogen-bond donors (Lipinski definition) is 0. The topological polar surface area (TPSA) is 17.8 Å². The molecule has 0 N–H and O–H groups in total. The minimum absolute atomic E-state index is 0.161. The SMILES string of the molecule is CCCCC(C)(C)n1nc(C)cc1C. The third-order valence-electron chi connectivity index (χ3n) is 2.73. The standard InChI is InChI=1S/C12H22N2/c1-6-7-8-12(4,5)14-11(3)9-10(2)13-14/h9H,6-8H2,1-5H3. The number of aromatic nitrogens is 2. The fraction of sp³-hybridized carbons (Fsp3) is 0.750. The molecule has 1 heterocycles. The van der Waals surface area contributed by atoms with Crippen molar-refractivity contribution in [3.8, 4) is 0 Å². The quantitative estimate of drug-likeness (QED) is 0.718. The first-order chi connectivity index (χ1) is 6.47. The highest BCUT2D eigenvalue weighted by molar-refractivity contribution is 5.08. The van der Waals surface area contributed by atoms with Gasteiger partial charge in [0.1, 0.15) is 0 Å². The second kappa shape index (κ2) is 4.16. The minimum Gasteiger partial charge on any atom is -0.264 e. The largest absolute Gasteiger partial charge is 0.264 e. The van der Waals surface area contributed by atoms with E-state index in [1.807, 2.05) is 0 Å². The van der Waals surface area contributed by atoms with Gasteiger partial charge in [-0.3, -0.25) is 4.68 Å². The van der Waals surface area contributed by atoms with Gasteiger partial charge in [-0.05, 0) is 40.2 Å². The molecular weight excluding hydrogens is 172 g/mol. The van der Waals surface area contributed by atoms with Crippen LogP contribution < -0.4 is 0 Å². The van der Waals surface area contributed by atoms with E-state index in [4.69, 9.17) is 0 Å². The average molecular weight is 194 g/mol. The van der Waals surface area contributed by atoms with Gasteiger partial charge >= 0.3 is 0 Å². The highest BCUT2D eigenvalue weighted by atomic mass is 15.3. The lowest BCUT2D eigenvalue weighted by Crippen LogP contribution is -2.28. The number of hydrogen-bond acceptors (Lipinski definition) is 1. The van der Waals surface area contributed by atoms with E-state index in [-0.39, 0.29) is 5.54 Å². The molecule has 0 fully saturated rings. The van der Waals surface area contributed by atoms with Gasteiger partial charge in [-0.25, -0.2) is 0 Å². The van der Waals surface area contributed by atoms with Crippen LogP contribution >= 0.6 is 0 Å². The Morgan fingerprint density at radius 1 is 1.36 bits per heavy atom. The molecule has 0 aromatic carbocycles. The lowest BCUT2D eigenvalue weighted by molar-refractivity contribution is 0.280. The van der Waals surface area contributed by atoms with E-state index >= 15 is 0 Å². The first-order valence-electron chi connectivity index (χ1n) is 5.51. The molecule has 0 aliphatic carbocycles. The fourth-order valence-corrected chi connectivity index (χ4v) is 1.96. The average Bonchev–Trinajstić information content (AvgIpc) is 2.42. The molecular formula is C12H22N2. The van der Waals surface area contributed by atoms with Crippen LogP contribution in [0.1, 0.15) is 51.4 Å². The molecule has 0 aliphatic rings. The van der Waals surface area contributed by atoms with Crippen LogP contribution in [-0.2, 0) is 5.54 Å². The van der Waals surface area contributed by atoms with Gasteiger partial charge in [0, 0.05) is 5.69 Å². The molecule has 2 heteroatoms. The number of rotatable bonds is 4. The van der Waals surface area contributed by atoms with Crippen molar-refractivity contribution in [2.45, 2.75) is 59.4 Å². The van der Waals surface area contributed by atoms with Crippen molar-refractivity contribution in [3.05, 3.63) is 17.5 Å². The second-order valence-corrected chi connectivity index (χ2v) is 4.75. The van der Waals surface area contributed by atoms with Crippen molar-refractivity contribution in [2.24, 2.45) is 0 Å². The van der Waals surface area contributed by atoms with Crippen molar-refractivity contribution in [1.29, 1.82) is 0 Å². The molecule has 0 bridgehead atoms. The Bertz CT molecular complexity index is 297. The maximum atomic E-state index is 4.55. The smallest absolute Gasteiger partial charge is 0.0596 e. The summed E-state index contributed by atoms with van der Waals surface area (Å²) in [6, 6.07) is 2.15. The number of unbranched alkanes of at least 4 members (excludes halogenated alkanes) is 1. The van der Waals surface area contributed by atoms with Gasteiger partial charge in [-0.15, -0.1) is 0 Å². The van der Waals surface area contributed by atoms with Crippen molar-refractivity contribution in [2.75, 3.05) is 0 Å². The maximum absolute atomic E-state index is 4.55. The van der Waals surface area contributed by atoms with Crippen molar-refractivity contribution in [3.63, 3.8) is 0 Å². The molecule has 0 aliphatic heterocycles. The molecule has 0 amide bonds. The van der Waals surface area contributed by atoms with E-state index in [9.17, 15) is 0 Å². The van der Waals surface area contributed by atoms with Gasteiger partial charge in [-0.2, -0.15) is 5.10 Å². The molecule has 0 spiro atoms. The second-order valence-electron chi connectivity index (χ2n) is 4.75. The Hall–Kier alpha value is -0.790. The summed E-state index contributed by atoms with van der Waals surface area (Å²) in [5.74, 6) is 0. The van der Waals surface area contributed by atoms with Gasteiger partial charge in [0.2, 0.25) is 0 Å². The van der Waals surface area contributed by atoms with Crippen LogP contribution in [0, 0.1) is 13.8 Å². The van der Waals surface area contributed by atoms with Crippen molar-refractivity contribution in [1.82, 2.24) is 9.78 Å².